The molecule has 0 atom stereocenters. The van der Waals surface area contributed by atoms with Crippen LogP contribution in [0, 0.1) is 6.92 Å². The van der Waals surface area contributed by atoms with E-state index in [0.29, 0.717) is 10.7 Å². The fraction of sp³-hybridized carbons (Fsp3) is 0.143. The van der Waals surface area contributed by atoms with Crippen molar-refractivity contribution >= 4 is 38.9 Å². The lowest BCUT2D eigenvalue weighted by atomic mass is 10.2. The molecule has 0 saturated carbocycles. The van der Waals surface area contributed by atoms with E-state index in [2.05, 4.69) is 0 Å². The Labute approximate surface area is 128 Å². The van der Waals surface area contributed by atoms with Crippen LogP contribution in [0.2, 0.25) is 10.0 Å². The van der Waals surface area contributed by atoms with E-state index in [1.54, 1.807) is 18.2 Å². The van der Waals surface area contributed by atoms with Crippen molar-refractivity contribution < 1.29 is 8.42 Å². The van der Waals surface area contributed by atoms with Crippen LogP contribution < -0.4 is 4.31 Å². The first kappa shape index (κ1) is 15.2. The molecule has 0 radical (unpaired) electrons. The van der Waals surface area contributed by atoms with Crippen molar-refractivity contribution in [2.75, 3.05) is 11.4 Å². The topological polar surface area (TPSA) is 37.4 Å². The number of hydrogen-bond donors (Lipinski definition) is 0. The van der Waals surface area contributed by atoms with E-state index in [1.807, 2.05) is 19.1 Å². The van der Waals surface area contributed by atoms with Gasteiger partial charge in [-0.1, -0.05) is 41.4 Å². The number of halogens is 2. The van der Waals surface area contributed by atoms with Crippen LogP contribution in [0.1, 0.15) is 5.56 Å². The number of benzene rings is 2. The second-order valence-corrected chi connectivity index (χ2v) is 7.12. The number of anilines is 1. The molecule has 0 aromatic heterocycles. The summed E-state index contributed by atoms with van der Waals surface area (Å²) in [7, 11) is -2.26. The first-order valence-corrected chi connectivity index (χ1v) is 8.03. The molecule has 0 spiro atoms. The van der Waals surface area contributed by atoms with Gasteiger partial charge in [0.1, 0.15) is 4.90 Å². The molecule has 106 valence electrons. The summed E-state index contributed by atoms with van der Waals surface area (Å²) >= 11 is 11.9. The van der Waals surface area contributed by atoms with Crippen molar-refractivity contribution in [3.8, 4) is 0 Å². The van der Waals surface area contributed by atoms with E-state index in [1.165, 1.54) is 23.5 Å². The lowest BCUT2D eigenvalue weighted by molar-refractivity contribution is 0.594. The third-order valence-corrected chi connectivity index (χ3v) is 5.47. The van der Waals surface area contributed by atoms with Crippen molar-refractivity contribution in [1.82, 2.24) is 0 Å². The molecule has 6 heteroatoms. The molecule has 0 amide bonds. The average molecular weight is 330 g/mol. The van der Waals surface area contributed by atoms with E-state index < -0.39 is 10.0 Å². The first-order chi connectivity index (χ1) is 9.34. The molecule has 2 aromatic rings. The Morgan fingerprint density at radius 3 is 2.35 bits per heavy atom. The normalized spacial score (nSPS) is 11.4. The molecule has 0 fully saturated rings. The van der Waals surface area contributed by atoms with Gasteiger partial charge in [0.25, 0.3) is 10.0 Å². The van der Waals surface area contributed by atoms with Gasteiger partial charge < -0.3 is 0 Å². The van der Waals surface area contributed by atoms with E-state index in [4.69, 9.17) is 23.2 Å². The van der Waals surface area contributed by atoms with Gasteiger partial charge in [-0.2, -0.15) is 0 Å². The Morgan fingerprint density at radius 1 is 1.05 bits per heavy atom. The molecule has 3 nitrogen and oxygen atoms in total. The molecule has 0 aliphatic carbocycles. The summed E-state index contributed by atoms with van der Waals surface area (Å²) < 4.78 is 26.5. The summed E-state index contributed by atoms with van der Waals surface area (Å²) in [6.07, 6.45) is 0. The highest BCUT2D eigenvalue weighted by atomic mass is 35.5. The lowest BCUT2D eigenvalue weighted by Crippen LogP contribution is -2.27. The third kappa shape index (κ3) is 2.77. The second kappa shape index (κ2) is 5.64. The lowest BCUT2D eigenvalue weighted by Gasteiger charge is -2.22. The predicted octanol–water partition coefficient (Wildman–Crippen LogP) is 4.13. The highest BCUT2D eigenvalue weighted by Gasteiger charge is 2.25. The molecule has 0 bridgehead atoms. The average Bonchev–Trinajstić information content (AvgIpc) is 2.41. The van der Waals surface area contributed by atoms with Gasteiger partial charge in [-0.3, -0.25) is 4.31 Å². The Bertz CT molecular complexity index is 745. The van der Waals surface area contributed by atoms with Crippen LogP contribution in [0.3, 0.4) is 0 Å². The van der Waals surface area contributed by atoms with Gasteiger partial charge in [0.15, 0.2) is 0 Å². The maximum atomic E-state index is 12.6. The quantitative estimate of drug-likeness (QED) is 0.849. The van der Waals surface area contributed by atoms with Crippen molar-refractivity contribution in [2.45, 2.75) is 11.8 Å². The molecular weight excluding hydrogens is 317 g/mol. The first-order valence-electron chi connectivity index (χ1n) is 5.83. The zero-order chi connectivity index (χ0) is 14.9. The SMILES string of the molecule is Cc1ccccc1N(C)S(=O)(=O)c1cc(Cl)ccc1Cl. The summed E-state index contributed by atoms with van der Waals surface area (Å²) in [5, 5.41) is 0.473. The number of sulfonamides is 1. The second-order valence-electron chi connectivity index (χ2n) is 4.33. The number of aryl methyl sites for hydroxylation is 1. The minimum absolute atomic E-state index is 0.00239. The number of para-hydroxylation sites is 1. The van der Waals surface area contributed by atoms with E-state index in [0.717, 1.165) is 5.56 Å². The van der Waals surface area contributed by atoms with Crippen LogP contribution in [0.4, 0.5) is 5.69 Å². The number of hydrogen-bond acceptors (Lipinski definition) is 2. The van der Waals surface area contributed by atoms with Crippen LogP contribution in [-0.2, 0) is 10.0 Å². The maximum absolute atomic E-state index is 12.6. The zero-order valence-corrected chi connectivity index (χ0v) is 13.3. The molecular formula is C14H13Cl2NO2S. The van der Waals surface area contributed by atoms with Crippen LogP contribution in [-0.4, -0.2) is 15.5 Å². The van der Waals surface area contributed by atoms with Gasteiger partial charge in [0.05, 0.1) is 10.7 Å². The Balaban J connectivity index is 2.56. The molecule has 0 N–H and O–H groups in total. The van der Waals surface area contributed by atoms with E-state index in [9.17, 15) is 8.42 Å². The molecule has 0 aliphatic rings. The summed E-state index contributed by atoms with van der Waals surface area (Å²) in [5.74, 6) is 0. The largest absolute Gasteiger partial charge is 0.269 e. The summed E-state index contributed by atoms with van der Waals surface area (Å²) in [4.78, 5) is -0.00239. The third-order valence-electron chi connectivity index (χ3n) is 2.99. The van der Waals surface area contributed by atoms with Gasteiger partial charge in [-0.15, -0.1) is 0 Å². The van der Waals surface area contributed by atoms with Crippen LogP contribution in [0.15, 0.2) is 47.4 Å². The van der Waals surface area contributed by atoms with Crippen LogP contribution in [0.5, 0.6) is 0 Å². The summed E-state index contributed by atoms with van der Waals surface area (Å²) in [6.45, 7) is 1.85. The van der Waals surface area contributed by atoms with Crippen molar-refractivity contribution in [3.05, 3.63) is 58.1 Å². The van der Waals surface area contributed by atoms with Crippen molar-refractivity contribution in [1.29, 1.82) is 0 Å². The summed E-state index contributed by atoms with van der Waals surface area (Å²) in [6, 6.07) is 11.6. The number of nitrogens with zero attached hydrogens (tertiary/aromatic N) is 1. The minimum Gasteiger partial charge on any atom is -0.269 e. The highest BCUT2D eigenvalue weighted by Crippen LogP contribution is 2.30. The van der Waals surface area contributed by atoms with E-state index in [-0.39, 0.29) is 9.92 Å². The Morgan fingerprint density at radius 2 is 1.70 bits per heavy atom. The molecule has 0 heterocycles. The number of rotatable bonds is 3. The standard InChI is InChI=1S/C14H13Cl2NO2S/c1-10-5-3-4-6-13(10)17(2)20(18,19)14-9-11(15)7-8-12(14)16/h3-9H,1-2H3. The maximum Gasteiger partial charge on any atom is 0.265 e. The van der Waals surface area contributed by atoms with Crippen molar-refractivity contribution in [3.63, 3.8) is 0 Å². The fourth-order valence-electron chi connectivity index (χ4n) is 1.87. The molecule has 20 heavy (non-hydrogen) atoms. The fourth-order valence-corrected chi connectivity index (χ4v) is 3.86. The van der Waals surface area contributed by atoms with Gasteiger partial charge in [-0.05, 0) is 36.8 Å². The van der Waals surface area contributed by atoms with Gasteiger partial charge in [0.2, 0.25) is 0 Å². The monoisotopic (exact) mass is 329 g/mol. The predicted molar refractivity (Wildman–Crippen MR) is 83.2 cm³/mol. The van der Waals surface area contributed by atoms with Gasteiger partial charge in [0, 0.05) is 12.1 Å². The van der Waals surface area contributed by atoms with Crippen LogP contribution >= 0.6 is 23.2 Å². The summed E-state index contributed by atoms with van der Waals surface area (Å²) in [5.41, 5.74) is 1.46. The molecule has 0 saturated heterocycles. The van der Waals surface area contributed by atoms with Crippen molar-refractivity contribution in [2.24, 2.45) is 0 Å². The smallest absolute Gasteiger partial charge is 0.265 e. The molecule has 2 aromatic carbocycles. The molecule has 0 unspecified atom stereocenters. The molecule has 2 rings (SSSR count). The van der Waals surface area contributed by atoms with Crippen LogP contribution in [0.25, 0.3) is 0 Å². The minimum atomic E-state index is -3.75. The Kier molecular flexibility index (Phi) is 4.28. The van der Waals surface area contributed by atoms with E-state index >= 15 is 0 Å². The molecule has 0 aliphatic heterocycles. The zero-order valence-electron chi connectivity index (χ0n) is 11.0. The van der Waals surface area contributed by atoms with Gasteiger partial charge >= 0.3 is 0 Å². The highest BCUT2D eigenvalue weighted by molar-refractivity contribution is 7.93. The van der Waals surface area contributed by atoms with Gasteiger partial charge in [-0.25, -0.2) is 8.42 Å². The Hall–Kier alpha value is -1.23.